The number of nitro benzene ring substituents is 1. The Bertz CT molecular complexity index is 813. The number of carbonyl (C=O) groups excluding carboxylic acids is 1. The van der Waals surface area contributed by atoms with E-state index in [9.17, 15) is 14.9 Å². The van der Waals surface area contributed by atoms with E-state index >= 15 is 0 Å². The molecule has 2 N–H and O–H groups in total. The Kier molecular flexibility index (Phi) is 6.09. The topological polar surface area (TPSA) is 103 Å². The van der Waals surface area contributed by atoms with Gasteiger partial charge in [-0.05, 0) is 48.6 Å². The number of anilines is 1. The maximum Gasteiger partial charge on any atom is 0.413 e. The summed E-state index contributed by atoms with van der Waals surface area (Å²) in [7, 11) is 1.17. The summed E-state index contributed by atoms with van der Waals surface area (Å²) in [6, 6.07) is 10.7. The maximum absolute atomic E-state index is 11.3. The Labute approximate surface area is 152 Å². The summed E-state index contributed by atoms with van der Waals surface area (Å²) in [6.45, 7) is 0. The van der Waals surface area contributed by atoms with Crippen LogP contribution in [-0.2, 0) is 4.74 Å². The number of rotatable bonds is 4. The van der Waals surface area contributed by atoms with Crippen molar-refractivity contribution < 1.29 is 19.2 Å². The number of nitrogens with one attached hydrogen (secondary N) is 2. The Morgan fingerprint density at radius 3 is 2.44 bits per heavy atom. The third kappa shape index (κ3) is 5.30. The Balaban J connectivity index is 2.19. The summed E-state index contributed by atoms with van der Waals surface area (Å²) in [5.74, 6) is 0.730. The number of alkyl carbamates (subject to hydrolysis) is 1. The first-order valence-electron chi connectivity index (χ1n) is 6.77. The van der Waals surface area contributed by atoms with Crippen LogP contribution >= 0.6 is 23.8 Å². The van der Waals surface area contributed by atoms with Crippen molar-refractivity contribution in [1.29, 1.82) is 0 Å². The van der Waals surface area contributed by atoms with Crippen LogP contribution in [0, 0.1) is 10.1 Å². The quantitative estimate of drug-likeness (QED) is 0.467. The van der Waals surface area contributed by atoms with Crippen LogP contribution in [0.5, 0.6) is 11.5 Å². The fourth-order valence-corrected chi connectivity index (χ4v) is 2.09. The normalized spacial score (nSPS) is 9.84. The molecule has 0 aromatic heterocycles. The lowest BCUT2D eigenvalue weighted by atomic mass is 10.2. The molecule has 8 nitrogen and oxygen atoms in total. The molecule has 2 aromatic carbocycles. The molecule has 0 fully saturated rings. The lowest BCUT2D eigenvalue weighted by Gasteiger charge is -2.11. The largest absolute Gasteiger partial charge is 0.457 e. The smallest absolute Gasteiger partial charge is 0.413 e. The molecule has 2 rings (SSSR count). The van der Waals surface area contributed by atoms with E-state index in [2.05, 4.69) is 15.4 Å². The van der Waals surface area contributed by atoms with Gasteiger partial charge in [0, 0.05) is 5.02 Å². The molecule has 0 radical (unpaired) electrons. The standard InChI is InChI=1S/C15H12ClN3O5S/c1-23-15(20)18-14(25)17-12-7-6-11(8-13(12)19(21)22)24-10-4-2-9(16)3-5-10/h2-8H,1H3,(H2,17,18,20,25). The summed E-state index contributed by atoms with van der Waals surface area (Å²) in [5, 5.41) is 16.4. The van der Waals surface area contributed by atoms with Crippen LogP contribution in [0.4, 0.5) is 16.2 Å². The van der Waals surface area contributed by atoms with Gasteiger partial charge in [-0.25, -0.2) is 4.79 Å². The first kappa shape index (κ1) is 18.4. The number of amides is 1. The van der Waals surface area contributed by atoms with Gasteiger partial charge in [0.15, 0.2) is 5.11 Å². The highest BCUT2D eigenvalue weighted by molar-refractivity contribution is 7.80. The van der Waals surface area contributed by atoms with E-state index in [0.29, 0.717) is 10.8 Å². The average Bonchev–Trinajstić information content (AvgIpc) is 2.57. The van der Waals surface area contributed by atoms with E-state index in [1.165, 1.54) is 25.3 Å². The molecule has 0 saturated heterocycles. The highest BCUT2D eigenvalue weighted by Gasteiger charge is 2.17. The minimum atomic E-state index is -0.789. The molecule has 0 unspecified atom stereocenters. The molecule has 0 heterocycles. The number of hydrogen-bond donors (Lipinski definition) is 2. The van der Waals surface area contributed by atoms with Gasteiger partial charge in [-0.2, -0.15) is 0 Å². The van der Waals surface area contributed by atoms with Crippen LogP contribution in [0.2, 0.25) is 5.02 Å². The van der Waals surface area contributed by atoms with E-state index in [1.54, 1.807) is 24.3 Å². The fraction of sp³-hybridized carbons (Fsp3) is 0.0667. The average molecular weight is 382 g/mol. The molecule has 1 amide bonds. The van der Waals surface area contributed by atoms with Crippen molar-refractivity contribution >= 4 is 46.4 Å². The van der Waals surface area contributed by atoms with Crippen molar-refractivity contribution in [3.8, 4) is 11.5 Å². The van der Waals surface area contributed by atoms with Gasteiger partial charge in [-0.3, -0.25) is 15.4 Å². The zero-order valence-corrected chi connectivity index (χ0v) is 14.4. The summed E-state index contributed by atoms with van der Waals surface area (Å²) in [4.78, 5) is 21.8. The molecule has 0 aliphatic heterocycles. The second-order valence-electron chi connectivity index (χ2n) is 4.56. The monoisotopic (exact) mass is 381 g/mol. The molecule has 0 atom stereocenters. The van der Waals surface area contributed by atoms with Crippen LogP contribution < -0.4 is 15.4 Å². The Morgan fingerprint density at radius 2 is 1.84 bits per heavy atom. The van der Waals surface area contributed by atoms with Crippen LogP contribution in [0.1, 0.15) is 0 Å². The zero-order valence-electron chi connectivity index (χ0n) is 12.8. The highest BCUT2D eigenvalue weighted by Crippen LogP contribution is 2.31. The van der Waals surface area contributed by atoms with Crippen LogP contribution in [0.3, 0.4) is 0 Å². The number of nitro groups is 1. The predicted octanol–water partition coefficient (Wildman–Crippen LogP) is 4.09. The van der Waals surface area contributed by atoms with Gasteiger partial charge < -0.3 is 14.8 Å². The first-order valence-corrected chi connectivity index (χ1v) is 7.55. The number of carbonyl (C=O) groups is 1. The molecule has 2 aromatic rings. The molecule has 10 heteroatoms. The second kappa shape index (κ2) is 8.27. The molecular weight excluding hydrogens is 370 g/mol. The van der Waals surface area contributed by atoms with Crippen molar-refractivity contribution in [3.63, 3.8) is 0 Å². The van der Waals surface area contributed by atoms with Crippen LogP contribution in [-0.4, -0.2) is 23.2 Å². The molecular formula is C15H12ClN3O5S. The van der Waals surface area contributed by atoms with Crippen molar-refractivity contribution in [2.24, 2.45) is 0 Å². The molecule has 0 saturated carbocycles. The highest BCUT2D eigenvalue weighted by atomic mass is 35.5. The van der Waals surface area contributed by atoms with E-state index in [4.69, 9.17) is 28.6 Å². The first-order chi connectivity index (χ1) is 11.9. The van der Waals surface area contributed by atoms with Gasteiger partial charge in [-0.1, -0.05) is 11.6 Å². The van der Waals surface area contributed by atoms with Crippen LogP contribution in [0.15, 0.2) is 42.5 Å². The Hall–Kier alpha value is -2.91. The maximum atomic E-state index is 11.3. The van der Waals surface area contributed by atoms with E-state index in [0.717, 1.165) is 0 Å². The number of thiocarbonyl (C=S) groups is 1. The summed E-state index contributed by atoms with van der Waals surface area (Å²) < 4.78 is 9.94. The number of halogens is 1. The fourth-order valence-electron chi connectivity index (χ4n) is 1.77. The summed E-state index contributed by atoms with van der Waals surface area (Å²) >= 11 is 10.7. The molecule has 0 spiro atoms. The minimum absolute atomic E-state index is 0.0925. The summed E-state index contributed by atoms with van der Waals surface area (Å²) in [6.07, 6.45) is -0.789. The molecule has 0 bridgehead atoms. The van der Waals surface area contributed by atoms with Crippen molar-refractivity contribution in [2.75, 3.05) is 12.4 Å². The van der Waals surface area contributed by atoms with Gasteiger partial charge in [0.1, 0.15) is 17.2 Å². The summed E-state index contributed by atoms with van der Waals surface area (Å²) in [5.41, 5.74) is -0.185. The van der Waals surface area contributed by atoms with Gasteiger partial charge >= 0.3 is 6.09 Å². The number of nitrogens with zero attached hydrogens (tertiary/aromatic N) is 1. The minimum Gasteiger partial charge on any atom is -0.457 e. The van der Waals surface area contributed by atoms with Crippen molar-refractivity contribution in [2.45, 2.75) is 0 Å². The zero-order chi connectivity index (χ0) is 18.4. The van der Waals surface area contributed by atoms with Gasteiger partial charge in [0.25, 0.3) is 5.69 Å². The number of hydrogen-bond acceptors (Lipinski definition) is 6. The van der Waals surface area contributed by atoms with Gasteiger partial charge in [0.2, 0.25) is 0 Å². The van der Waals surface area contributed by atoms with Gasteiger partial charge in [0.05, 0.1) is 18.1 Å². The number of methoxy groups -OCH3 is 1. The van der Waals surface area contributed by atoms with E-state index in [1.807, 2.05) is 0 Å². The predicted molar refractivity (Wildman–Crippen MR) is 96.4 cm³/mol. The lowest BCUT2D eigenvalue weighted by molar-refractivity contribution is -0.384. The third-order valence-corrected chi connectivity index (χ3v) is 3.32. The van der Waals surface area contributed by atoms with Gasteiger partial charge in [-0.15, -0.1) is 0 Å². The van der Waals surface area contributed by atoms with E-state index < -0.39 is 11.0 Å². The molecule has 130 valence electrons. The lowest BCUT2D eigenvalue weighted by Crippen LogP contribution is -2.34. The molecule has 0 aliphatic rings. The molecule has 0 aliphatic carbocycles. The Morgan fingerprint density at radius 1 is 1.20 bits per heavy atom. The van der Waals surface area contributed by atoms with E-state index in [-0.39, 0.29) is 22.2 Å². The van der Waals surface area contributed by atoms with Crippen molar-refractivity contribution in [3.05, 3.63) is 57.6 Å². The number of benzene rings is 2. The SMILES string of the molecule is COC(=O)NC(=S)Nc1ccc(Oc2ccc(Cl)cc2)cc1[N+](=O)[O-]. The third-order valence-electron chi connectivity index (χ3n) is 2.86. The molecule has 25 heavy (non-hydrogen) atoms. The van der Waals surface area contributed by atoms with Crippen molar-refractivity contribution in [1.82, 2.24) is 5.32 Å². The second-order valence-corrected chi connectivity index (χ2v) is 5.41. The van der Waals surface area contributed by atoms with Crippen LogP contribution in [0.25, 0.3) is 0 Å². The number of ether oxygens (including phenoxy) is 2.